The van der Waals surface area contributed by atoms with E-state index in [-0.39, 0.29) is 17.9 Å². The summed E-state index contributed by atoms with van der Waals surface area (Å²) in [6.07, 6.45) is 3.13. The molecule has 1 aromatic rings. The molecule has 0 spiro atoms. The monoisotopic (exact) mass is 273 g/mol. The van der Waals surface area contributed by atoms with Crippen LogP contribution >= 0.6 is 0 Å². The van der Waals surface area contributed by atoms with Crippen LogP contribution in [0.4, 0.5) is 5.69 Å². The molecule has 0 saturated carbocycles. The van der Waals surface area contributed by atoms with Crippen LogP contribution in [0.3, 0.4) is 0 Å². The van der Waals surface area contributed by atoms with Crippen molar-refractivity contribution in [1.29, 1.82) is 0 Å². The quantitative estimate of drug-likeness (QED) is 0.805. The third-order valence-corrected chi connectivity index (χ3v) is 3.99. The number of hydrogen-bond acceptors (Lipinski definition) is 3. The summed E-state index contributed by atoms with van der Waals surface area (Å²) in [6.45, 7) is 1.41. The number of nitrogens with one attached hydrogen (secondary N) is 1. The third-order valence-electron chi connectivity index (χ3n) is 3.99. The topological polar surface area (TPSA) is 75.4 Å². The van der Waals surface area contributed by atoms with Gasteiger partial charge in [-0.25, -0.2) is 0 Å². The van der Waals surface area contributed by atoms with Crippen LogP contribution in [0.5, 0.6) is 0 Å². The van der Waals surface area contributed by atoms with E-state index in [1.165, 1.54) is 0 Å². The van der Waals surface area contributed by atoms with Crippen molar-refractivity contribution >= 4 is 17.5 Å². The maximum Gasteiger partial charge on any atom is 0.253 e. The van der Waals surface area contributed by atoms with Gasteiger partial charge in [-0.1, -0.05) is 0 Å². The number of anilines is 1. The highest BCUT2D eigenvalue weighted by atomic mass is 16.2. The number of piperidine rings is 1. The van der Waals surface area contributed by atoms with Gasteiger partial charge in [0.25, 0.3) is 5.91 Å². The molecule has 1 atom stereocenters. The van der Waals surface area contributed by atoms with Gasteiger partial charge >= 0.3 is 0 Å². The Hall–Kier alpha value is -1.88. The van der Waals surface area contributed by atoms with Crippen molar-refractivity contribution in [2.24, 2.45) is 5.73 Å². The Kier molecular flexibility index (Phi) is 3.44. The maximum absolute atomic E-state index is 12.5. The molecule has 0 aromatic heterocycles. The second kappa shape index (κ2) is 5.25. The number of benzene rings is 1. The molecule has 2 aliphatic heterocycles. The molecule has 2 amide bonds. The summed E-state index contributed by atoms with van der Waals surface area (Å²) in [5, 5.41) is 2.83. The molecule has 3 N–H and O–H groups in total. The van der Waals surface area contributed by atoms with Gasteiger partial charge in [-0.2, -0.15) is 0 Å². The Labute approximate surface area is 118 Å². The van der Waals surface area contributed by atoms with E-state index in [0.29, 0.717) is 24.9 Å². The van der Waals surface area contributed by atoms with Gasteiger partial charge < -0.3 is 16.0 Å². The van der Waals surface area contributed by atoms with Gasteiger partial charge in [-0.3, -0.25) is 9.59 Å². The number of likely N-dealkylation sites (tertiary alicyclic amines) is 1. The lowest BCUT2D eigenvalue weighted by molar-refractivity contribution is -0.116. The van der Waals surface area contributed by atoms with Crippen molar-refractivity contribution in [3.63, 3.8) is 0 Å². The number of rotatable bonds is 1. The Bertz CT molecular complexity index is 556. The van der Waals surface area contributed by atoms with Crippen molar-refractivity contribution in [2.45, 2.75) is 31.7 Å². The predicted octanol–water partition coefficient (Wildman–Crippen LogP) is 1.13. The van der Waals surface area contributed by atoms with E-state index in [0.717, 1.165) is 30.6 Å². The normalized spacial score (nSPS) is 22.1. The maximum atomic E-state index is 12.5. The van der Waals surface area contributed by atoms with E-state index < -0.39 is 0 Å². The molecule has 0 radical (unpaired) electrons. The first-order valence-electron chi connectivity index (χ1n) is 7.11. The minimum absolute atomic E-state index is 0.0404. The highest BCUT2D eigenvalue weighted by Crippen LogP contribution is 2.24. The van der Waals surface area contributed by atoms with Gasteiger partial charge in [0.1, 0.15) is 0 Å². The number of aryl methyl sites for hydroxylation is 1. The number of carbonyl (C=O) groups is 2. The molecule has 3 rings (SSSR count). The van der Waals surface area contributed by atoms with E-state index in [1.807, 2.05) is 17.0 Å². The lowest BCUT2D eigenvalue weighted by atomic mass is 9.99. The van der Waals surface area contributed by atoms with Crippen LogP contribution in [0.2, 0.25) is 0 Å². The summed E-state index contributed by atoms with van der Waals surface area (Å²) in [4.78, 5) is 25.6. The largest absolute Gasteiger partial charge is 0.337 e. The summed E-state index contributed by atoms with van der Waals surface area (Å²) in [6, 6.07) is 5.60. The first kappa shape index (κ1) is 13.1. The molecule has 0 aliphatic carbocycles. The van der Waals surface area contributed by atoms with Crippen LogP contribution in [0.1, 0.15) is 35.2 Å². The lowest BCUT2D eigenvalue weighted by Gasteiger charge is -2.31. The first-order chi connectivity index (χ1) is 9.63. The molecule has 1 saturated heterocycles. The minimum Gasteiger partial charge on any atom is -0.337 e. The molecule has 106 valence electrons. The standard InChI is InChI=1S/C15H19N3O2/c16-12-2-1-7-18(9-12)15(20)11-3-5-13-10(8-11)4-6-14(19)17-13/h3,5,8,12H,1-2,4,6-7,9,16H2,(H,17,19)/t12-/m0/s1. The Morgan fingerprint density at radius 3 is 3.00 bits per heavy atom. The average Bonchev–Trinajstić information content (AvgIpc) is 2.46. The van der Waals surface area contributed by atoms with Crippen LogP contribution in [0, 0.1) is 0 Å². The molecule has 0 unspecified atom stereocenters. The van der Waals surface area contributed by atoms with Crippen LogP contribution in [-0.4, -0.2) is 35.8 Å². The Morgan fingerprint density at radius 2 is 2.20 bits per heavy atom. The number of nitrogens with two attached hydrogens (primary N) is 1. The fourth-order valence-electron chi connectivity index (χ4n) is 2.89. The molecule has 20 heavy (non-hydrogen) atoms. The minimum atomic E-state index is 0.0404. The smallest absolute Gasteiger partial charge is 0.253 e. The van der Waals surface area contributed by atoms with Gasteiger partial charge in [0.05, 0.1) is 0 Å². The van der Waals surface area contributed by atoms with E-state index in [9.17, 15) is 9.59 Å². The Balaban J connectivity index is 1.80. The zero-order chi connectivity index (χ0) is 14.1. The molecule has 1 aromatic carbocycles. The molecule has 2 aliphatic rings. The van der Waals surface area contributed by atoms with E-state index >= 15 is 0 Å². The van der Waals surface area contributed by atoms with Crippen LogP contribution in [0.15, 0.2) is 18.2 Å². The SMILES string of the molecule is N[C@H]1CCCN(C(=O)c2ccc3c(c2)CCC(=O)N3)C1. The highest BCUT2D eigenvalue weighted by Gasteiger charge is 2.23. The zero-order valence-corrected chi connectivity index (χ0v) is 11.4. The average molecular weight is 273 g/mol. The second-order valence-corrected chi connectivity index (χ2v) is 5.57. The van der Waals surface area contributed by atoms with Crippen molar-refractivity contribution in [3.8, 4) is 0 Å². The van der Waals surface area contributed by atoms with Gasteiger partial charge in [0, 0.05) is 36.8 Å². The fourth-order valence-corrected chi connectivity index (χ4v) is 2.89. The molecular weight excluding hydrogens is 254 g/mol. The van der Waals surface area contributed by atoms with Gasteiger partial charge in [-0.05, 0) is 43.0 Å². The molecule has 5 nitrogen and oxygen atoms in total. The van der Waals surface area contributed by atoms with Gasteiger partial charge in [0.2, 0.25) is 5.91 Å². The number of nitrogens with zero attached hydrogens (tertiary/aromatic N) is 1. The molecule has 2 heterocycles. The van der Waals surface area contributed by atoms with Crippen LogP contribution in [0.25, 0.3) is 0 Å². The van der Waals surface area contributed by atoms with Crippen LogP contribution < -0.4 is 11.1 Å². The van der Waals surface area contributed by atoms with Crippen molar-refractivity contribution in [1.82, 2.24) is 4.90 Å². The predicted molar refractivity (Wildman–Crippen MR) is 76.5 cm³/mol. The first-order valence-corrected chi connectivity index (χ1v) is 7.11. The summed E-state index contributed by atoms with van der Waals surface area (Å²) >= 11 is 0. The molecule has 5 heteroatoms. The van der Waals surface area contributed by atoms with Crippen molar-refractivity contribution in [2.75, 3.05) is 18.4 Å². The summed E-state index contributed by atoms with van der Waals surface area (Å²) < 4.78 is 0. The molecule has 1 fully saturated rings. The number of fused-ring (bicyclic) bond motifs is 1. The number of carbonyl (C=O) groups excluding carboxylic acids is 2. The lowest BCUT2D eigenvalue weighted by Crippen LogP contribution is -2.45. The third kappa shape index (κ3) is 2.54. The number of amides is 2. The highest BCUT2D eigenvalue weighted by molar-refractivity contribution is 5.98. The van der Waals surface area contributed by atoms with E-state index in [4.69, 9.17) is 5.73 Å². The van der Waals surface area contributed by atoms with Crippen molar-refractivity contribution in [3.05, 3.63) is 29.3 Å². The zero-order valence-electron chi connectivity index (χ0n) is 11.4. The van der Waals surface area contributed by atoms with Crippen molar-refractivity contribution < 1.29 is 9.59 Å². The summed E-state index contributed by atoms with van der Waals surface area (Å²) in [5.41, 5.74) is 8.48. The molecular formula is C15H19N3O2. The van der Waals surface area contributed by atoms with Crippen LogP contribution in [-0.2, 0) is 11.2 Å². The second-order valence-electron chi connectivity index (χ2n) is 5.57. The number of hydrogen-bond donors (Lipinski definition) is 2. The van der Waals surface area contributed by atoms with Gasteiger partial charge in [-0.15, -0.1) is 0 Å². The fraction of sp³-hybridized carbons (Fsp3) is 0.467. The van der Waals surface area contributed by atoms with Gasteiger partial charge in [0.15, 0.2) is 0 Å². The van der Waals surface area contributed by atoms with E-state index in [2.05, 4.69) is 5.32 Å². The van der Waals surface area contributed by atoms with E-state index in [1.54, 1.807) is 6.07 Å². The summed E-state index contributed by atoms with van der Waals surface area (Å²) in [7, 11) is 0. The summed E-state index contributed by atoms with van der Waals surface area (Å²) in [5.74, 6) is 0.0819. The molecule has 0 bridgehead atoms. The Morgan fingerprint density at radius 1 is 1.35 bits per heavy atom.